The number of benzene rings is 1. The van der Waals surface area contributed by atoms with E-state index in [1.54, 1.807) is 0 Å². The predicted molar refractivity (Wildman–Crippen MR) is 77.8 cm³/mol. The first kappa shape index (κ1) is 12.7. The average Bonchev–Trinajstić information content (AvgIpc) is 2.36. The first-order chi connectivity index (χ1) is 8.29. The Balaban J connectivity index is 2.04. The lowest BCUT2D eigenvalue weighted by atomic mass is 10.2. The summed E-state index contributed by atoms with van der Waals surface area (Å²) in [7, 11) is 0. The molecule has 0 bridgehead atoms. The molecule has 0 radical (unpaired) electrons. The molecule has 0 saturated heterocycles. The van der Waals surface area contributed by atoms with Gasteiger partial charge in [0.1, 0.15) is 0 Å². The molecule has 1 heterocycles. The van der Waals surface area contributed by atoms with E-state index in [1.807, 2.05) is 23.9 Å². The highest BCUT2D eigenvalue weighted by molar-refractivity contribution is 7.99. The van der Waals surface area contributed by atoms with Crippen LogP contribution in [0.3, 0.4) is 0 Å². The number of para-hydroxylation sites is 1. The van der Waals surface area contributed by atoms with Crippen molar-refractivity contribution in [3.63, 3.8) is 0 Å². The van der Waals surface area contributed by atoms with Crippen molar-refractivity contribution in [2.75, 3.05) is 5.88 Å². The lowest BCUT2D eigenvalue weighted by Crippen LogP contribution is -1.98. The van der Waals surface area contributed by atoms with Crippen LogP contribution in [0.2, 0.25) is 0 Å². The molecule has 0 aliphatic carbocycles. The van der Waals surface area contributed by atoms with Crippen molar-refractivity contribution in [2.45, 2.75) is 24.3 Å². The van der Waals surface area contributed by atoms with E-state index in [-0.39, 0.29) is 0 Å². The van der Waals surface area contributed by atoms with Gasteiger partial charge in [0, 0.05) is 22.3 Å². The van der Waals surface area contributed by atoms with E-state index in [4.69, 9.17) is 11.6 Å². The van der Waals surface area contributed by atoms with Gasteiger partial charge in [-0.25, -0.2) is 0 Å². The third kappa shape index (κ3) is 3.62. The van der Waals surface area contributed by atoms with E-state index in [0.29, 0.717) is 5.25 Å². The number of thioether (sulfide) groups is 1. The highest BCUT2D eigenvalue weighted by Gasteiger charge is 2.03. The van der Waals surface area contributed by atoms with Crippen molar-refractivity contribution in [1.29, 1.82) is 0 Å². The number of fused-ring (bicyclic) bond motifs is 1. The quantitative estimate of drug-likeness (QED) is 0.739. The Labute approximate surface area is 112 Å². The van der Waals surface area contributed by atoms with Crippen LogP contribution in [0.5, 0.6) is 0 Å². The van der Waals surface area contributed by atoms with Gasteiger partial charge in [0.05, 0.1) is 11.2 Å². The van der Waals surface area contributed by atoms with E-state index in [0.717, 1.165) is 29.3 Å². The number of hydrogen-bond donors (Lipinski definition) is 0. The van der Waals surface area contributed by atoms with Gasteiger partial charge in [0.15, 0.2) is 0 Å². The minimum Gasteiger partial charge on any atom is -0.252 e. The summed E-state index contributed by atoms with van der Waals surface area (Å²) in [4.78, 5) is 4.65. The molecular formula is C14H16ClNS. The molecule has 0 aliphatic heterocycles. The molecule has 0 amide bonds. The Kier molecular flexibility index (Phi) is 4.69. The molecule has 1 nitrogen and oxygen atoms in total. The predicted octanol–water partition coefficient (Wildman–Crippen LogP) is 4.49. The van der Waals surface area contributed by atoms with E-state index >= 15 is 0 Å². The van der Waals surface area contributed by atoms with E-state index in [2.05, 4.69) is 36.2 Å². The summed E-state index contributed by atoms with van der Waals surface area (Å²) >= 11 is 7.64. The Hall–Kier alpha value is -0.730. The van der Waals surface area contributed by atoms with Gasteiger partial charge in [0.25, 0.3) is 0 Å². The molecule has 90 valence electrons. The molecule has 1 atom stereocenters. The zero-order valence-corrected chi connectivity index (χ0v) is 11.5. The largest absolute Gasteiger partial charge is 0.252 e. The summed E-state index contributed by atoms with van der Waals surface area (Å²) in [5.41, 5.74) is 2.23. The molecule has 0 fully saturated rings. The molecule has 1 unspecified atom stereocenters. The standard InChI is InChI=1S/C14H16ClNS/c1-11(8-9-15)17-10-13-7-6-12-4-2-3-5-14(12)16-13/h2-7,11H,8-10H2,1H3. The van der Waals surface area contributed by atoms with Crippen LogP contribution in [0.25, 0.3) is 10.9 Å². The van der Waals surface area contributed by atoms with Gasteiger partial charge < -0.3 is 0 Å². The number of pyridine rings is 1. The summed E-state index contributed by atoms with van der Waals surface area (Å²) in [5, 5.41) is 1.80. The number of alkyl halides is 1. The third-order valence-corrected chi connectivity index (χ3v) is 4.17. The number of hydrogen-bond acceptors (Lipinski definition) is 2. The van der Waals surface area contributed by atoms with Crippen LogP contribution >= 0.6 is 23.4 Å². The van der Waals surface area contributed by atoms with Crippen LogP contribution in [0.4, 0.5) is 0 Å². The van der Waals surface area contributed by atoms with Gasteiger partial charge in [-0.05, 0) is 18.6 Å². The van der Waals surface area contributed by atoms with Crippen LogP contribution in [0.15, 0.2) is 36.4 Å². The topological polar surface area (TPSA) is 12.9 Å². The first-order valence-corrected chi connectivity index (χ1v) is 7.40. The summed E-state index contributed by atoms with van der Waals surface area (Å²) in [6, 6.07) is 12.5. The van der Waals surface area contributed by atoms with E-state index in [9.17, 15) is 0 Å². The summed E-state index contributed by atoms with van der Waals surface area (Å²) in [6.07, 6.45) is 1.06. The van der Waals surface area contributed by atoms with Gasteiger partial charge in [-0.1, -0.05) is 31.2 Å². The molecule has 2 rings (SSSR count). The Morgan fingerprint density at radius 2 is 2.06 bits per heavy atom. The molecule has 1 aromatic carbocycles. The smallest absolute Gasteiger partial charge is 0.0705 e. The summed E-state index contributed by atoms with van der Waals surface area (Å²) < 4.78 is 0. The fourth-order valence-electron chi connectivity index (χ4n) is 1.65. The van der Waals surface area contributed by atoms with Crippen LogP contribution in [-0.4, -0.2) is 16.1 Å². The van der Waals surface area contributed by atoms with Crippen molar-refractivity contribution in [1.82, 2.24) is 4.98 Å². The van der Waals surface area contributed by atoms with Gasteiger partial charge in [-0.3, -0.25) is 4.98 Å². The Morgan fingerprint density at radius 3 is 2.88 bits per heavy atom. The minimum atomic E-state index is 0.598. The summed E-state index contributed by atoms with van der Waals surface area (Å²) in [5.74, 6) is 1.70. The second kappa shape index (κ2) is 6.27. The Bertz CT molecular complexity index is 486. The fourth-order valence-corrected chi connectivity index (χ4v) is 3.01. The van der Waals surface area contributed by atoms with Crippen LogP contribution in [-0.2, 0) is 5.75 Å². The fraction of sp³-hybridized carbons (Fsp3) is 0.357. The van der Waals surface area contributed by atoms with Gasteiger partial charge in [-0.15, -0.1) is 11.6 Å². The molecule has 0 spiro atoms. The SMILES string of the molecule is CC(CCCl)SCc1ccc2ccccc2n1. The third-order valence-electron chi connectivity index (χ3n) is 2.69. The normalized spacial score (nSPS) is 12.8. The molecule has 0 N–H and O–H groups in total. The Morgan fingerprint density at radius 1 is 1.24 bits per heavy atom. The molecule has 1 aromatic heterocycles. The molecule has 0 aliphatic rings. The van der Waals surface area contributed by atoms with E-state index < -0.39 is 0 Å². The lowest BCUT2D eigenvalue weighted by Gasteiger charge is -2.09. The maximum atomic E-state index is 5.73. The molecule has 2 aromatic rings. The monoisotopic (exact) mass is 265 g/mol. The van der Waals surface area contributed by atoms with Crippen LogP contribution < -0.4 is 0 Å². The van der Waals surface area contributed by atoms with Crippen LogP contribution in [0.1, 0.15) is 19.0 Å². The van der Waals surface area contributed by atoms with Crippen molar-refractivity contribution in [3.8, 4) is 0 Å². The number of nitrogens with zero attached hydrogens (tertiary/aromatic N) is 1. The molecule has 0 saturated carbocycles. The van der Waals surface area contributed by atoms with Gasteiger partial charge in [0.2, 0.25) is 0 Å². The maximum absolute atomic E-state index is 5.73. The van der Waals surface area contributed by atoms with Crippen molar-refractivity contribution >= 4 is 34.3 Å². The second-order valence-corrected chi connectivity index (χ2v) is 5.90. The lowest BCUT2D eigenvalue weighted by molar-refractivity contribution is 0.911. The first-order valence-electron chi connectivity index (χ1n) is 5.82. The minimum absolute atomic E-state index is 0.598. The number of rotatable bonds is 5. The van der Waals surface area contributed by atoms with Crippen molar-refractivity contribution in [3.05, 3.63) is 42.1 Å². The summed E-state index contributed by atoms with van der Waals surface area (Å²) in [6.45, 7) is 2.22. The maximum Gasteiger partial charge on any atom is 0.0705 e. The van der Waals surface area contributed by atoms with Crippen molar-refractivity contribution < 1.29 is 0 Å². The second-order valence-electron chi connectivity index (χ2n) is 4.09. The zero-order chi connectivity index (χ0) is 12.1. The van der Waals surface area contributed by atoms with Gasteiger partial charge >= 0.3 is 0 Å². The molecular weight excluding hydrogens is 250 g/mol. The highest BCUT2D eigenvalue weighted by Crippen LogP contribution is 2.21. The highest BCUT2D eigenvalue weighted by atomic mass is 35.5. The molecule has 17 heavy (non-hydrogen) atoms. The van der Waals surface area contributed by atoms with Gasteiger partial charge in [-0.2, -0.15) is 11.8 Å². The van der Waals surface area contributed by atoms with Crippen molar-refractivity contribution in [2.24, 2.45) is 0 Å². The average molecular weight is 266 g/mol. The number of aromatic nitrogens is 1. The molecule has 3 heteroatoms. The number of halogens is 1. The van der Waals surface area contributed by atoms with Crippen LogP contribution in [0, 0.1) is 0 Å². The van der Waals surface area contributed by atoms with E-state index in [1.165, 1.54) is 5.39 Å². The zero-order valence-electron chi connectivity index (χ0n) is 9.90.